The predicted molar refractivity (Wildman–Crippen MR) is 39.3 cm³/mol. The fourth-order valence-corrected chi connectivity index (χ4v) is 0.936. The van der Waals surface area contributed by atoms with Crippen molar-refractivity contribution in [3.05, 3.63) is 0 Å². The van der Waals surface area contributed by atoms with Crippen molar-refractivity contribution in [1.82, 2.24) is 0 Å². The minimum Gasteiger partial charge on any atom is -0.171 e. The van der Waals surface area contributed by atoms with E-state index < -0.39 is 11.6 Å². The zero-order chi connectivity index (χ0) is 9.28. The summed E-state index contributed by atoms with van der Waals surface area (Å²) in [6, 6.07) is 0. The average molecular weight is 168 g/mol. The van der Waals surface area contributed by atoms with Crippen molar-refractivity contribution in [2.24, 2.45) is 11.3 Å². The Kier molecular flexibility index (Phi) is 2.98. The molecule has 0 amide bonds. The quantitative estimate of drug-likeness (QED) is 0.590. The normalized spacial score (nSPS) is 18.5. The van der Waals surface area contributed by atoms with Crippen LogP contribution in [0.4, 0.5) is 13.2 Å². The third-order valence-electron chi connectivity index (χ3n) is 2.66. The number of hydrogen-bond acceptors (Lipinski definition) is 0. The first-order valence-corrected chi connectivity index (χ1v) is 3.82. The van der Waals surface area contributed by atoms with Crippen molar-refractivity contribution in [3.8, 4) is 0 Å². The van der Waals surface area contributed by atoms with Crippen LogP contribution in [0.5, 0.6) is 0 Å². The summed E-state index contributed by atoms with van der Waals surface area (Å²) in [4.78, 5) is 0. The second-order valence-corrected chi connectivity index (χ2v) is 3.42. The number of hydrogen-bond donors (Lipinski definition) is 0. The molecule has 0 aromatic carbocycles. The van der Waals surface area contributed by atoms with Gasteiger partial charge in [-0.15, -0.1) is 0 Å². The average Bonchev–Trinajstić information content (AvgIpc) is 1.83. The molecule has 3 heteroatoms. The van der Waals surface area contributed by atoms with E-state index in [0.29, 0.717) is 0 Å². The maximum Gasteiger partial charge on any atom is 0.394 e. The third kappa shape index (κ3) is 1.88. The van der Waals surface area contributed by atoms with Crippen molar-refractivity contribution in [2.45, 2.75) is 40.3 Å². The molecular formula is C8H15F3. The lowest BCUT2D eigenvalue weighted by atomic mass is 9.76. The molecular weight excluding hydrogens is 153 g/mol. The Morgan fingerprint density at radius 3 is 1.55 bits per heavy atom. The Morgan fingerprint density at radius 2 is 1.55 bits per heavy atom. The van der Waals surface area contributed by atoms with Crippen molar-refractivity contribution >= 4 is 0 Å². The van der Waals surface area contributed by atoms with Gasteiger partial charge in [0.25, 0.3) is 0 Å². The first kappa shape index (κ1) is 10.8. The summed E-state index contributed by atoms with van der Waals surface area (Å²) in [5.41, 5.74) is -1.52. The molecule has 0 spiro atoms. The first-order valence-electron chi connectivity index (χ1n) is 3.82. The molecule has 0 radical (unpaired) electrons. The van der Waals surface area contributed by atoms with E-state index in [4.69, 9.17) is 0 Å². The van der Waals surface area contributed by atoms with Gasteiger partial charge >= 0.3 is 6.18 Å². The lowest BCUT2D eigenvalue weighted by Crippen LogP contribution is -2.39. The molecule has 0 fully saturated rings. The van der Waals surface area contributed by atoms with Gasteiger partial charge in [0, 0.05) is 0 Å². The van der Waals surface area contributed by atoms with Crippen LogP contribution in [0.25, 0.3) is 0 Å². The summed E-state index contributed by atoms with van der Waals surface area (Å²) >= 11 is 0. The Bertz CT molecular complexity index is 126. The molecule has 0 aromatic heterocycles. The molecule has 68 valence electrons. The van der Waals surface area contributed by atoms with E-state index in [9.17, 15) is 13.2 Å². The van der Waals surface area contributed by atoms with E-state index in [0.717, 1.165) is 0 Å². The van der Waals surface area contributed by atoms with Gasteiger partial charge in [-0.05, 0) is 12.3 Å². The lowest BCUT2D eigenvalue weighted by Gasteiger charge is -2.34. The Balaban J connectivity index is 4.61. The molecule has 0 nitrogen and oxygen atoms in total. The molecule has 0 rings (SSSR count). The number of alkyl halides is 3. The standard InChI is InChI=1S/C8H15F3/c1-5-7(4,6(2)3)8(9,10)11/h6H,5H2,1-4H3/t7-/m1/s1. The van der Waals surface area contributed by atoms with Crippen LogP contribution in [-0.2, 0) is 0 Å². The Morgan fingerprint density at radius 1 is 1.18 bits per heavy atom. The molecule has 11 heavy (non-hydrogen) atoms. The van der Waals surface area contributed by atoms with Crippen molar-refractivity contribution in [2.75, 3.05) is 0 Å². The van der Waals surface area contributed by atoms with E-state index in [1.807, 2.05) is 0 Å². The van der Waals surface area contributed by atoms with Crippen LogP contribution < -0.4 is 0 Å². The van der Waals surface area contributed by atoms with Crippen molar-refractivity contribution in [1.29, 1.82) is 0 Å². The zero-order valence-corrected chi connectivity index (χ0v) is 7.42. The van der Waals surface area contributed by atoms with E-state index in [1.54, 1.807) is 20.8 Å². The minimum atomic E-state index is -4.07. The van der Waals surface area contributed by atoms with Crippen molar-refractivity contribution in [3.63, 3.8) is 0 Å². The molecule has 0 N–H and O–H groups in total. The van der Waals surface area contributed by atoms with Crippen LogP contribution >= 0.6 is 0 Å². The van der Waals surface area contributed by atoms with Crippen molar-refractivity contribution < 1.29 is 13.2 Å². The minimum absolute atomic E-state index is 0.147. The van der Waals surface area contributed by atoms with Gasteiger partial charge in [0.2, 0.25) is 0 Å². The molecule has 0 aliphatic heterocycles. The summed E-state index contributed by atoms with van der Waals surface area (Å²) in [7, 11) is 0. The van der Waals surface area contributed by atoms with E-state index in [-0.39, 0.29) is 12.3 Å². The highest BCUT2D eigenvalue weighted by Crippen LogP contribution is 2.46. The van der Waals surface area contributed by atoms with Gasteiger partial charge in [0.15, 0.2) is 0 Å². The SMILES string of the molecule is CC[C@](C)(C(C)C)C(F)(F)F. The second kappa shape index (κ2) is 3.03. The number of rotatable bonds is 2. The van der Waals surface area contributed by atoms with Gasteiger partial charge in [-0.2, -0.15) is 13.2 Å². The summed E-state index contributed by atoms with van der Waals surface area (Å²) in [5, 5.41) is 0. The maximum absolute atomic E-state index is 12.4. The number of halogens is 3. The zero-order valence-electron chi connectivity index (χ0n) is 7.42. The van der Waals surface area contributed by atoms with Gasteiger partial charge in [-0.1, -0.05) is 27.7 Å². The monoisotopic (exact) mass is 168 g/mol. The highest BCUT2D eigenvalue weighted by molar-refractivity contribution is 4.83. The summed E-state index contributed by atoms with van der Waals surface area (Å²) in [6.07, 6.45) is -3.93. The van der Waals surface area contributed by atoms with Crippen LogP contribution in [-0.4, -0.2) is 6.18 Å². The molecule has 0 bridgehead atoms. The van der Waals surface area contributed by atoms with Gasteiger partial charge in [-0.25, -0.2) is 0 Å². The van der Waals surface area contributed by atoms with Gasteiger partial charge in [0.1, 0.15) is 0 Å². The highest BCUT2D eigenvalue weighted by Gasteiger charge is 2.51. The van der Waals surface area contributed by atoms with E-state index >= 15 is 0 Å². The Hall–Kier alpha value is -0.210. The predicted octanol–water partition coefficient (Wildman–Crippen LogP) is 3.62. The van der Waals surface area contributed by atoms with Crippen LogP contribution in [0, 0.1) is 11.3 Å². The molecule has 0 saturated carbocycles. The van der Waals surface area contributed by atoms with Crippen LogP contribution in [0.3, 0.4) is 0 Å². The van der Waals surface area contributed by atoms with Crippen LogP contribution in [0.2, 0.25) is 0 Å². The molecule has 0 aliphatic rings. The maximum atomic E-state index is 12.4. The topological polar surface area (TPSA) is 0 Å². The van der Waals surface area contributed by atoms with E-state index in [1.165, 1.54) is 6.92 Å². The largest absolute Gasteiger partial charge is 0.394 e. The van der Waals surface area contributed by atoms with Crippen LogP contribution in [0.15, 0.2) is 0 Å². The molecule has 0 saturated heterocycles. The summed E-state index contributed by atoms with van der Waals surface area (Å²) in [6.45, 7) is 6.07. The smallest absolute Gasteiger partial charge is 0.171 e. The summed E-state index contributed by atoms with van der Waals surface area (Å²) < 4.78 is 37.1. The fraction of sp³-hybridized carbons (Fsp3) is 1.00. The van der Waals surface area contributed by atoms with Gasteiger partial charge in [0.05, 0.1) is 5.41 Å². The highest BCUT2D eigenvalue weighted by atomic mass is 19.4. The molecule has 1 atom stereocenters. The Labute approximate surface area is 65.8 Å². The fourth-order valence-electron chi connectivity index (χ4n) is 0.936. The summed E-state index contributed by atoms with van der Waals surface area (Å²) in [5.74, 6) is -0.354. The van der Waals surface area contributed by atoms with E-state index in [2.05, 4.69) is 0 Å². The molecule has 0 aliphatic carbocycles. The first-order chi connectivity index (χ1) is 4.75. The molecule has 0 unspecified atom stereocenters. The molecule has 0 heterocycles. The molecule has 0 aromatic rings. The lowest BCUT2D eigenvalue weighted by molar-refractivity contribution is -0.233. The third-order valence-corrected chi connectivity index (χ3v) is 2.66. The van der Waals surface area contributed by atoms with Gasteiger partial charge in [-0.3, -0.25) is 0 Å². The second-order valence-electron chi connectivity index (χ2n) is 3.42. The van der Waals surface area contributed by atoms with Gasteiger partial charge < -0.3 is 0 Å². The van der Waals surface area contributed by atoms with Crippen LogP contribution in [0.1, 0.15) is 34.1 Å².